The van der Waals surface area contributed by atoms with Crippen molar-refractivity contribution >= 4 is 5.78 Å². The van der Waals surface area contributed by atoms with Gasteiger partial charge < -0.3 is 9.64 Å². The maximum absolute atomic E-state index is 12.5. The molecule has 0 aliphatic rings. The third-order valence-corrected chi connectivity index (χ3v) is 3.17. The standard InChI is InChI=1S/C18H21NO2/c1-19(2)13-8-14-21-17-12-7-6-11-16(17)18(20)15-9-4-3-5-10-15/h3-7,9-12H,8,13-14H2,1-2H3. The van der Waals surface area contributed by atoms with Crippen LogP contribution < -0.4 is 4.74 Å². The van der Waals surface area contributed by atoms with Crippen molar-refractivity contribution in [1.82, 2.24) is 4.90 Å². The minimum absolute atomic E-state index is 0.00110. The number of para-hydroxylation sites is 1. The number of nitrogens with zero attached hydrogens (tertiary/aromatic N) is 1. The molecule has 2 rings (SSSR count). The zero-order chi connectivity index (χ0) is 15.1. The molecule has 0 unspecified atom stereocenters. The SMILES string of the molecule is CN(C)CCCOc1ccccc1C(=O)c1ccccc1. The molecule has 21 heavy (non-hydrogen) atoms. The molecule has 2 aromatic rings. The molecule has 0 heterocycles. The van der Waals surface area contributed by atoms with Crippen molar-refractivity contribution in [3.8, 4) is 5.75 Å². The molecule has 0 bridgehead atoms. The van der Waals surface area contributed by atoms with Crippen LogP contribution in [-0.2, 0) is 0 Å². The maximum Gasteiger partial charge on any atom is 0.196 e. The zero-order valence-electron chi connectivity index (χ0n) is 12.6. The highest BCUT2D eigenvalue weighted by atomic mass is 16.5. The van der Waals surface area contributed by atoms with E-state index in [9.17, 15) is 4.79 Å². The molecule has 0 N–H and O–H groups in total. The van der Waals surface area contributed by atoms with Crippen molar-refractivity contribution < 1.29 is 9.53 Å². The average molecular weight is 283 g/mol. The normalized spacial score (nSPS) is 10.6. The molecular weight excluding hydrogens is 262 g/mol. The largest absolute Gasteiger partial charge is 0.493 e. The van der Waals surface area contributed by atoms with Gasteiger partial charge in [-0.3, -0.25) is 4.79 Å². The summed E-state index contributed by atoms with van der Waals surface area (Å²) >= 11 is 0. The van der Waals surface area contributed by atoms with Crippen LogP contribution in [-0.4, -0.2) is 37.9 Å². The number of ether oxygens (including phenoxy) is 1. The minimum Gasteiger partial charge on any atom is -0.493 e. The van der Waals surface area contributed by atoms with Crippen LogP contribution in [0.1, 0.15) is 22.3 Å². The molecule has 0 fully saturated rings. The van der Waals surface area contributed by atoms with Gasteiger partial charge in [-0.1, -0.05) is 42.5 Å². The van der Waals surface area contributed by atoms with E-state index in [0.717, 1.165) is 13.0 Å². The Kier molecular flexibility index (Phi) is 5.52. The number of hydrogen-bond acceptors (Lipinski definition) is 3. The number of carbonyl (C=O) groups is 1. The van der Waals surface area contributed by atoms with Crippen molar-refractivity contribution in [3.63, 3.8) is 0 Å². The lowest BCUT2D eigenvalue weighted by Gasteiger charge is -2.12. The van der Waals surface area contributed by atoms with Gasteiger partial charge in [-0.2, -0.15) is 0 Å². The summed E-state index contributed by atoms with van der Waals surface area (Å²) in [6, 6.07) is 16.7. The van der Waals surface area contributed by atoms with E-state index >= 15 is 0 Å². The Bertz CT molecular complexity index is 579. The Balaban J connectivity index is 2.08. The highest BCUT2D eigenvalue weighted by Crippen LogP contribution is 2.21. The molecule has 0 saturated carbocycles. The molecule has 0 aliphatic heterocycles. The van der Waals surface area contributed by atoms with E-state index < -0.39 is 0 Å². The number of rotatable bonds is 7. The van der Waals surface area contributed by atoms with Crippen molar-refractivity contribution in [2.45, 2.75) is 6.42 Å². The Morgan fingerprint density at radius 3 is 2.38 bits per heavy atom. The Hall–Kier alpha value is -2.13. The van der Waals surface area contributed by atoms with E-state index in [1.165, 1.54) is 0 Å². The summed E-state index contributed by atoms with van der Waals surface area (Å²) < 4.78 is 5.78. The first kappa shape index (κ1) is 15.3. The second-order valence-corrected chi connectivity index (χ2v) is 5.20. The van der Waals surface area contributed by atoms with Gasteiger partial charge in [0.25, 0.3) is 0 Å². The summed E-state index contributed by atoms with van der Waals surface area (Å²) in [5.74, 6) is 0.656. The first-order chi connectivity index (χ1) is 10.2. The summed E-state index contributed by atoms with van der Waals surface area (Å²) in [7, 11) is 4.07. The zero-order valence-corrected chi connectivity index (χ0v) is 12.6. The molecule has 0 spiro atoms. The summed E-state index contributed by atoms with van der Waals surface area (Å²) in [6.07, 6.45) is 0.931. The molecule has 3 nitrogen and oxygen atoms in total. The van der Waals surface area contributed by atoms with Gasteiger partial charge in [0.05, 0.1) is 12.2 Å². The molecular formula is C18H21NO2. The third kappa shape index (κ3) is 4.43. The van der Waals surface area contributed by atoms with Crippen LogP contribution in [0.3, 0.4) is 0 Å². The summed E-state index contributed by atoms with van der Waals surface area (Å²) in [4.78, 5) is 14.6. The summed E-state index contributed by atoms with van der Waals surface area (Å²) in [5.41, 5.74) is 1.30. The third-order valence-electron chi connectivity index (χ3n) is 3.17. The first-order valence-electron chi connectivity index (χ1n) is 7.15. The number of hydrogen-bond donors (Lipinski definition) is 0. The molecule has 0 radical (unpaired) electrons. The predicted octanol–water partition coefficient (Wildman–Crippen LogP) is 3.25. The van der Waals surface area contributed by atoms with Crippen LogP contribution in [0.5, 0.6) is 5.75 Å². The maximum atomic E-state index is 12.5. The first-order valence-corrected chi connectivity index (χ1v) is 7.15. The fourth-order valence-electron chi connectivity index (χ4n) is 2.09. The van der Waals surface area contributed by atoms with Crippen molar-refractivity contribution in [1.29, 1.82) is 0 Å². The molecule has 0 atom stereocenters. The lowest BCUT2D eigenvalue weighted by atomic mass is 10.0. The lowest BCUT2D eigenvalue weighted by molar-refractivity contribution is 0.103. The summed E-state index contributed by atoms with van der Waals surface area (Å²) in [5, 5.41) is 0. The van der Waals surface area contributed by atoms with Crippen LogP contribution in [0.15, 0.2) is 54.6 Å². The van der Waals surface area contributed by atoms with Gasteiger partial charge in [0.2, 0.25) is 0 Å². The van der Waals surface area contributed by atoms with Gasteiger partial charge in [0, 0.05) is 12.1 Å². The molecule has 0 aromatic heterocycles. The van der Waals surface area contributed by atoms with Crippen LogP contribution in [0, 0.1) is 0 Å². The highest BCUT2D eigenvalue weighted by molar-refractivity contribution is 6.10. The molecule has 0 aliphatic carbocycles. The topological polar surface area (TPSA) is 29.5 Å². The van der Waals surface area contributed by atoms with Crippen LogP contribution in [0.4, 0.5) is 0 Å². The lowest BCUT2D eigenvalue weighted by Crippen LogP contribution is -2.16. The van der Waals surface area contributed by atoms with Crippen LogP contribution >= 0.6 is 0 Å². The van der Waals surface area contributed by atoms with Crippen molar-refractivity contribution in [3.05, 3.63) is 65.7 Å². The predicted molar refractivity (Wildman–Crippen MR) is 85.0 cm³/mol. The summed E-state index contributed by atoms with van der Waals surface area (Å²) in [6.45, 7) is 1.58. The molecule has 0 amide bonds. The fourth-order valence-corrected chi connectivity index (χ4v) is 2.09. The van der Waals surface area contributed by atoms with E-state index in [0.29, 0.717) is 23.5 Å². The van der Waals surface area contributed by atoms with Crippen LogP contribution in [0.25, 0.3) is 0 Å². The highest BCUT2D eigenvalue weighted by Gasteiger charge is 2.13. The van der Waals surface area contributed by atoms with E-state index in [1.807, 2.05) is 68.7 Å². The van der Waals surface area contributed by atoms with Gasteiger partial charge in [0.15, 0.2) is 5.78 Å². The van der Waals surface area contributed by atoms with Gasteiger partial charge >= 0.3 is 0 Å². The van der Waals surface area contributed by atoms with Gasteiger partial charge in [-0.15, -0.1) is 0 Å². The quantitative estimate of drug-likeness (QED) is 0.577. The Morgan fingerprint density at radius 2 is 1.67 bits per heavy atom. The monoisotopic (exact) mass is 283 g/mol. The molecule has 110 valence electrons. The Morgan fingerprint density at radius 1 is 1.00 bits per heavy atom. The van der Waals surface area contributed by atoms with Gasteiger partial charge in [0.1, 0.15) is 5.75 Å². The second kappa shape index (κ2) is 7.60. The smallest absolute Gasteiger partial charge is 0.196 e. The van der Waals surface area contributed by atoms with E-state index in [-0.39, 0.29) is 5.78 Å². The minimum atomic E-state index is -0.00110. The van der Waals surface area contributed by atoms with E-state index in [2.05, 4.69) is 4.90 Å². The van der Waals surface area contributed by atoms with Crippen molar-refractivity contribution in [2.75, 3.05) is 27.2 Å². The number of benzene rings is 2. The molecule has 2 aromatic carbocycles. The van der Waals surface area contributed by atoms with Gasteiger partial charge in [-0.25, -0.2) is 0 Å². The average Bonchev–Trinajstić information content (AvgIpc) is 2.52. The molecule has 3 heteroatoms. The number of carbonyl (C=O) groups excluding carboxylic acids is 1. The van der Waals surface area contributed by atoms with Crippen molar-refractivity contribution in [2.24, 2.45) is 0 Å². The molecule has 0 saturated heterocycles. The van der Waals surface area contributed by atoms with Crippen LogP contribution in [0.2, 0.25) is 0 Å². The van der Waals surface area contributed by atoms with Gasteiger partial charge in [-0.05, 0) is 32.6 Å². The second-order valence-electron chi connectivity index (χ2n) is 5.20. The fraction of sp³-hybridized carbons (Fsp3) is 0.278. The van der Waals surface area contributed by atoms with E-state index in [1.54, 1.807) is 0 Å². The van der Waals surface area contributed by atoms with E-state index in [4.69, 9.17) is 4.74 Å². The Labute approximate surface area is 126 Å². The number of ketones is 1.